The number of hydrogen-bond donors (Lipinski definition) is 1. The summed E-state index contributed by atoms with van der Waals surface area (Å²) < 4.78 is 31.4. The molecule has 0 bridgehead atoms. The van der Waals surface area contributed by atoms with E-state index in [1.165, 1.54) is 6.07 Å². The lowest BCUT2D eigenvalue weighted by Gasteiger charge is -2.34. The molecule has 3 aromatic carbocycles. The molecule has 3 aromatic rings. The molecule has 29 heavy (non-hydrogen) atoms. The Morgan fingerprint density at radius 2 is 1.93 bits per heavy atom. The maximum Gasteiger partial charge on any atom is 0.263 e. The summed E-state index contributed by atoms with van der Waals surface area (Å²) in [5, 5.41) is 5.39. The molecule has 4 rings (SSSR count). The molecule has 1 aliphatic heterocycles. The van der Waals surface area contributed by atoms with Crippen LogP contribution in [0.15, 0.2) is 60.7 Å². The Kier molecular flexibility index (Phi) is 5.10. The number of carbonyl (C=O) groups excluding carboxylic acids is 1. The van der Waals surface area contributed by atoms with Gasteiger partial charge >= 0.3 is 0 Å². The Morgan fingerprint density at radius 1 is 1.17 bits per heavy atom. The van der Waals surface area contributed by atoms with Gasteiger partial charge in [0.25, 0.3) is 5.91 Å². The van der Waals surface area contributed by atoms with Gasteiger partial charge in [-0.3, -0.25) is 9.10 Å². The van der Waals surface area contributed by atoms with Gasteiger partial charge in [-0.05, 0) is 34.5 Å². The number of carbonyl (C=O) groups is 1. The molecule has 8 heteroatoms. The molecule has 0 aromatic heterocycles. The minimum Gasteiger partial charge on any atom is -0.476 e. The summed E-state index contributed by atoms with van der Waals surface area (Å²) in [6, 6.07) is 18.5. The van der Waals surface area contributed by atoms with Crippen molar-refractivity contribution in [2.75, 3.05) is 17.1 Å². The van der Waals surface area contributed by atoms with Gasteiger partial charge in [-0.2, -0.15) is 0 Å². The van der Waals surface area contributed by atoms with E-state index in [-0.39, 0.29) is 12.5 Å². The van der Waals surface area contributed by atoms with Gasteiger partial charge in [0.05, 0.1) is 18.5 Å². The van der Waals surface area contributed by atoms with Gasteiger partial charge in [-0.15, -0.1) is 0 Å². The molecule has 0 spiro atoms. The van der Waals surface area contributed by atoms with Crippen LogP contribution in [0.1, 0.15) is 5.56 Å². The fourth-order valence-corrected chi connectivity index (χ4v) is 4.49. The molecule has 1 heterocycles. The Balaban J connectivity index is 1.55. The van der Waals surface area contributed by atoms with Crippen molar-refractivity contribution in [2.45, 2.75) is 12.6 Å². The van der Waals surface area contributed by atoms with Gasteiger partial charge in [0.1, 0.15) is 5.75 Å². The number of ether oxygens (including phenoxy) is 1. The maximum atomic E-state index is 12.8. The van der Waals surface area contributed by atoms with Crippen LogP contribution in [-0.4, -0.2) is 33.2 Å². The Labute approximate surface area is 174 Å². The van der Waals surface area contributed by atoms with E-state index in [1.54, 1.807) is 12.1 Å². The average Bonchev–Trinajstić information content (AvgIpc) is 2.70. The average molecular weight is 431 g/mol. The standard InChI is InChI=1S/C21H19ClN2O4S/c1-29(26,27)24-13-20(28-19-10-9-16(22)11-18(19)24)21(25)23-12-15-7-4-6-14-5-2-3-8-17(14)15/h2-11,20H,12-13H2,1H3,(H,23,25)/t20-/m0/s1. The molecule has 150 valence electrons. The van der Waals surface area contributed by atoms with Crippen LogP contribution in [-0.2, 0) is 21.4 Å². The lowest BCUT2D eigenvalue weighted by Crippen LogP contribution is -2.50. The predicted molar refractivity (Wildman–Crippen MR) is 114 cm³/mol. The van der Waals surface area contributed by atoms with Crippen LogP contribution >= 0.6 is 11.6 Å². The van der Waals surface area contributed by atoms with Crippen LogP contribution in [0.5, 0.6) is 5.75 Å². The van der Waals surface area contributed by atoms with Crippen LogP contribution in [0, 0.1) is 0 Å². The quantitative estimate of drug-likeness (QED) is 0.688. The van der Waals surface area contributed by atoms with E-state index in [0.29, 0.717) is 23.0 Å². The fourth-order valence-electron chi connectivity index (χ4n) is 3.42. The normalized spacial score (nSPS) is 16.2. The van der Waals surface area contributed by atoms with Crippen molar-refractivity contribution < 1.29 is 17.9 Å². The van der Waals surface area contributed by atoms with Crippen molar-refractivity contribution in [3.05, 3.63) is 71.2 Å². The highest BCUT2D eigenvalue weighted by Crippen LogP contribution is 2.37. The number of rotatable bonds is 4. The molecular formula is C21H19ClN2O4S. The van der Waals surface area contributed by atoms with Crippen LogP contribution in [0.3, 0.4) is 0 Å². The van der Waals surface area contributed by atoms with E-state index in [0.717, 1.165) is 26.9 Å². The van der Waals surface area contributed by atoms with E-state index in [1.807, 2.05) is 42.5 Å². The summed E-state index contributed by atoms with van der Waals surface area (Å²) in [5.41, 5.74) is 1.30. The number of nitrogens with one attached hydrogen (secondary N) is 1. The molecule has 1 aliphatic rings. The first-order valence-corrected chi connectivity index (χ1v) is 11.2. The van der Waals surface area contributed by atoms with Gasteiger partial charge in [0.2, 0.25) is 10.0 Å². The summed E-state index contributed by atoms with van der Waals surface area (Å²) in [5.74, 6) is -0.0800. The lowest BCUT2D eigenvalue weighted by molar-refractivity contribution is -0.127. The summed E-state index contributed by atoms with van der Waals surface area (Å²) in [6.45, 7) is 0.194. The van der Waals surface area contributed by atoms with Gasteiger partial charge in [0.15, 0.2) is 6.10 Å². The summed E-state index contributed by atoms with van der Waals surface area (Å²) in [6.07, 6.45) is 0.127. The second-order valence-corrected chi connectivity index (χ2v) is 9.21. The van der Waals surface area contributed by atoms with E-state index >= 15 is 0 Å². The Bertz CT molecular complexity index is 1190. The highest BCUT2D eigenvalue weighted by molar-refractivity contribution is 7.92. The zero-order valence-electron chi connectivity index (χ0n) is 15.6. The molecule has 0 saturated heterocycles. The number of sulfonamides is 1. The van der Waals surface area contributed by atoms with Crippen molar-refractivity contribution in [3.8, 4) is 5.75 Å². The van der Waals surface area contributed by atoms with Gasteiger partial charge < -0.3 is 10.1 Å². The van der Waals surface area contributed by atoms with E-state index < -0.39 is 16.1 Å². The number of anilines is 1. The molecule has 0 radical (unpaired) electrons. The minimum atomic E-state index is -3.60. The highest BCUT2D eigenvalue weighted by atomic mass is 35.5. The highest BCUT2D eigenvalue weighted by Gasteiger charge is 2.35. The molecule has 0 unspecified atom stereocenters. The van der Waals surface area contributed by atoms with Gasteiger partial charge in [-0.25, -0.2) is 8.42 Å². The summed E-state index contributed by atoms with van der Waals surface area (Å²) in [4.78, 5) is 12.8. The van der Waals surface area contributed by atoms with Gasteiger partial charge in [-0.1, -0.05) is 54.1 Å². The number of halogens is 1. The SMILES string of the molecule is CS(=O)(=O)N1C[C@@H](C(=O)NCc2cccc3ccccc23)Oc2ccc(Cl)cc21. The molecule has 0 saturated carbocycles. The topological polar surface area (TPSA) is 75.7 Å². The minimum absolute atomic E-state index is 0.118. The van der Waals surface area contributed by atoms with E-state index in [2.05, 4.69) is 5.32 Å². The first kappa shape index (κ1) is 19.5. The summed E-state index contributed by atoms with van der Waals surface area (Å²) >= 11 is 6.00. The zero-order chi connectivity index (χ0) is 20.6. The summed E-state index contributed by atoms with van der Waals surface area (Å²) in [7, 11) is -3.60. The third kappa shape index (κ3) is 4.02. The maximum absolute atomic E-state index is 12.8. The van der Waals surface area contributed by atoms with Crippen LogP contribution in [0.4, 0.5) is 5.69 Å². The second-order valence-electron chi connectivity index (χ2n) is 6.87. The van der Waals surface area contributed by atoms with Crippen molar-refractivity contribution >= 4 is 44.0 Å². The number of hydrogen-bond acceptors (Lipinski definition) is 4. The van der Waals surface area contributed by atoms with Crippen molar-refractivity contribution in [1.29, 1.82) is 0 Å². The molecular weight excluding hydrogens is 412 g/mol. The van der Waals surface area contributed by atoms with E-state index in [4.69, 9.17) is 16.3 Å². The number of amides is 1. The van der Waals surface area contributed by atoms with Crippen LogP contribution in [0.25, 0.3) is 10.8 Å². The third-order valence-electron chi connectivity index (χ3n) is 4.82. The smallest absolute Gasteiger partial charge is 0.263 e. The number of fused-ring (bicyclic) bond motifs is 2. The van der Waals surface area contributed by atoms with Crippen molar-refractivity contribution in [2.24, 2.45) is 0 Å². The predicted octanol–water partition coefficient (Wildman–Crippen LogP) is 3.34. The molecule has 1 N–H and O–H groups in total. The monoisotopic (exact) mass is 430 g/mol. The van der Waals surface area contributed by atoms with Gasteiger partial charge in [0, 0.05) is 11.6 Å². The molecule has 6 nitrogen and oxygen atoms in total. The molecule has 0 fully saturated rings. The first-order chi connectivity index (χ1) is 13.8. The van der Waals surface area contributed by atoms with Crippen molar-refractivity contribution in [3.63, 3.8) is 0 Å². The van der Waals surface area contributed by atoms with E-state index in [9.17, 15) is 13.2 Å². The zero-order valence-corrected chi connectivity index (χ0v) is 17.2. The number of nitrogens with zero attached hydrogens (tertiary/aromatic N) is 1. The third-order valence-corrected chi connectivity index (χ3v) is 6.20. The lowest BCUT2D eigenvalue weighted by atomic mass is 10.0. The Hall–Kier alpha value is -2.77. The van der Waals surface area contributed by atoms with Crippen molar-refractivity contribution in [1.82, 2.24) is 5.32 Å². The molecule has 1 amide bonds. The van der Waals surface area contributed by atoms with Crippen LogP contribution < -0.4 is 14.4 Å². The second kappa shape index (κ2) is 7.57. The fraction of sp³-hybridized carbons (Fsp3) is 0.190. The largest absolute Gasteiger partial charge is 0.476 e. The molecule has 0 aliphatic carbocycles. The molecule has 1 atom stereocenters. The van der Waals surface area contributed by atoms with Crippen LogP contribution in [0.2, 0.25) is 5.02 Å². The Morgan fingerprint density at radius 3 is 2.72 bits per heavy atom. The number of benzene rings is 3. The first-order valence-electron chi connectivity index (χ1n) is 9.01.